The maximum atomic E-state index is 12.0. The number of rotatable bonds is 5. The van der Waals surface area contributed by atoms with Crippen LogP contribution in [0.2, 0.25) is 5.02 Å². The molecular formula is C17H20ClN3O3S. The van der Waals surface area contributed by atoms with Gasteiger partial charge in [-0.05, 0) is 42.3 Å². The number of anilines is 1. The average molecular weight is 382 g/mol. The van der Waals surface area contributed by atoms with Crippen LogP contribution >= 0.6 is 11.6 Å². The van der Waals surface area contributed by atoms with Crippen molar-refractivity contribution in [2.45, 2.75) is 18.4 Å². The molecule has 8 heteroatoms. The number of aryl methyl sites for hydroxylation is 1. The summed E-state index contributed by atoms with van der Waals surface area (Å²) in [6.45, 7) is 2.17. The SMILES string of the molecule is Cc1ccc(NC(=O)NCc2ccc(S(=O)(=O)N(C)C)cc2)c(Cl)c1. The van der Waals surface area contributed by atoms with Crippen molar-refractivity contribution in [1.29, 1.82) is 0 Å². The van der Waals surface area contributed by atoms with Crippen LogP contribution in [0.25, 0.3) is 0 Å². The topological polar surface area (TPSA) is 78.5 Å². The summed E-state index contributed by atoms with van der Waals surface area (Å²) in [5.74, 6) is 0. The molecule has 25 heavy (non-hydrogen) atoms. The lowest BCUT2D eigenvalue weighted by atomic mass is 10.2. The summed E-state index contributed by atoms with van der Waals surface area (Å²) in [6.07, 6.45) is 0. The standard InChI is InChI=1S/C17H20ClN3O3S/c1-12-4-9-16(15(18)10-12)20-17(22)19-11-13-5-7-14(8-6-13)25(23,24)21(2)3/h4-10H,11H2,1-3H3,(H2,19,20,22). The van der Waals surface area contributed by atoms with Crippen molar-refractivity contribution in [2.75, 3.05) is 19.4 Å². The molecule has 2 aromatic rings. The third kappa shape index (κ3) is 4.94. The van der Waals surface area contributed by atoms with Crippen molar-refractivity contribution in [3.63, 3.8) is 0 Å². The average Bonchev–Trinajstić information content (AvgIpc) is 2.56. The first-order valence-corrected chi connectivity index (χ1v) is 9.34. The monoisotopic (exact) mass is 381 g/mol. The van der Waals surface area contributed by atoms with Crippen LogP contribution in [0, 0.1) is 6.92 Å². The van der Waals surface area contributed by atoms with Crippen LogP contribution in [0.3, 0.4) is 0 Å². The van der Waals surface area contributed by atoms with E-state index in [-0.39, 0.29) is 11.4 Å². The number of carbonyl (C=O) groups excluding carboxylic acids is 1. The van der Waals surface area contributed by atoms with Gasteiger partial charge >= 0.3 is 6.03 Å². The normalized spacial score (nSPS) is 11.4. The summed E-state index contributed by atoms with van der Waals surface area (Å²) in [5, 5.41) is 5.84. The van der Waals surface area contributed by atoms with Gasteiger partial charge in [-0.3, -0.25) is 0 Å². The Labute approximate surface area is 152 Å². The number of sulfonamides is 1. The van der Waals surface area contributed by atoms with Gasteiger partial charge in [-0.1, -0.05) is 29.8 Å². The van der Waals surface area contributed by atoms with Gasteiger partial charge in [0, 0.05) is 20.6 Å². The van der Waals surface area contributed by atoms with E-state index in [0.717, 1.165) is 15.4 Å². The molecule has 0 radical (unpaired) electrons. The van der Waals surface area contributed by atoms with E-state index in [2.05, 4.69) is 10.6 Å². The first-order valence-electron chi connectivity index (χ1n) is 7.52. The molecule has 134 valence electrons. The van der Waals surface area contributed by atoms with Crippen molar-refractivity contribution in [2.24, 2.45) is 0 Å². The van der Waals surface area contributed by atoms with Crippen LogP contribution in [-0.4, -0.2) is 32.8 Å². The van der Waals surface area contributed by atoms with E-state index in [1.807, 2.05) is 13.0 Å². The zero-order valence-corrected chi connectivity index (χ0v) is 15.8. The highest BCUT2D eigenvalue weighted by Crippen LogP contribution is 2.22. The van der Waals surface area contributed by atoms with E-state index in [1.54, 1.807) is 24.3 Å². The second kappa shape index (κ2) is 7.86. The van der Waals surface area contributed by atoms with Gasteiger partial charge in [0.25, 0.3) is 0 Å². The Hall–Kier alpha value is -2.09. The molecule has 0 bridgehead atoms. The van der Waals surface area contributed by atoms with E-state index in [0.29, 0.717) is 10.7 Å². The lowest BCUT2D eigenvalue weighted by molar-refractivity contribution is 0.251. The number of carbonyl (C=O) groups is 1. The molecule has 2 aromatic carbocycles. The minimum atomic E-state index is -3.45. The van der Waals surface area contributed by atoms with E-state index in [9.17, 15) is 13.2 Å². The second-order valence-electron chi connectivity index (χ2n) is 5.72. The highest BCUT2D eigenvalue weighted by Gasteiger charge is 2.16. The summed E-state index contributed by atoms with van der Waals surface area (Å²) in [7, 11) is -0.500. The number of benzene rings is 2. The summed E-state index contributed by atoms with van der Waals surface area (Å²) in [4.78, 5) is 12.2. The maximum absolute atomic E-state index is 12.0. The Morgan fingerprint density at radius 2 is 1.76 bits per heavy atom. The third-order valence-electron chi connectivity index (χ3n) is 3.53. The van der Waals surface area contributed by atoms with Gasteiger partial charge in [0.2, 0.25) is 10.0 Å². The van der Waals surface area contributed by atoms with Crippen molar-refractivity contribution in [3.05, 3.63) is 58.6 Å². The molecule has 0 saturated carbocycles. The van der Waals surface area contributed by atoms with Crippen LogP contribution in [0.15, 0.2) is 47.4 Å². The summed E-state index contributed by atoms with van der Waals surface area (Å²) in [5.41, 5.74) is 2.31. The summed E-state index contributed by atoms with van der Waals surface area (Å²) in [6, 6.07) is 11.3. The fraction of sp³-hybridized carbons (Fsp3) is 0.235. The fourth-order valence-electron chi connectivity index (χ4n) is 2.06. The molecule has 6 nitrogen and oxygen atoms in total. The number of hydrogen-bond donors (Lipinski definition) is 2. The summed E-state index contributed by atoms with van der Waals surface area (Å²) < 4.78 is 25.2. The Morgan fingerprint density at radius 1 is 1.12 bits per heavy atom. The zero-order valence-electron chi connectivity index (χ0n) is 14.2. The highest BCUT2D eigenvalue weighted by atomic mass is 35.5. The molecule has 0 aliphatic heterocycles. The van der Waals surface area contributed by atoms with E-state index in [4.69, 9.17) is 11.6 Å². The largest absolute Gasteiger partial charge is 0.334 e. The first-order chi connectivity index (χ1) is 11.7. The van der Waals surface area contributed by atoms with E-state index in [1.165, 1.54) is 26.2 Å². The number of hydrogen-bond acceptors (Lipinski definition) is 3. The molecule has 0 atom stereocenters. The Bertz CT molecular complexity index is 865. The minimum Gasteiger partial charge on any atom is -0.334 e. The first kappa shape index (κ1) is 19.2. The Balaban J connectivity index is 1.96. The number of nitrogens with one attached hydrogen (secondary N) is 2. The predicted octanol–water partition coefficient (Wildman–Crippen LogP) is 3.22. The van der Waals surface area contributed by atoms with Crippen LogP contribution in [0.1, 0.15) is 11.1 Å². The molecule has 2 N–H and O–H groups in total. The maximum Gasteiger partial charge on any atom is 0.319 e. The smallest absolute Gasteiger partial charge is 0.319 e. The van der Waals surface area contributed by atoms with Gasteiger partial charge in [-0.2, -0.15) is 0 Å². The van der Waals surface area contributed by atoms with Crippen molar-refractivity contribution in [1.82, 2.24) is 9.62 Å². The van der Waals surface area contributed by atoms with E-state index >= 15 is 0 Å². The van der Waals surface area contributed by atoms with Gasteiger partial charge in [0.05, 0.1) is 15.6 Å². The zero-order chi connectivity index (χ0) is 18.6. The molecule has 2 rings (SSSR count). The molecule has 0 fully saturated rings. The molecule has 0 aliphatic carbocycles. The molecule has 0 heterocycles. The lowest BCUT2D eigenvalue weighted by Crippen LogP contribution is -2.28. The molecule has 2 amide bonds. The lowest BCUT2D eigenvalue weighted by Gasteiger charge is -2.12. The quantitative estimate of drug-likeness (QED) is 0.834. The predicted molar refractivity (Wildman–Crippen MR) is 99.4 cm³/mol. The molecule has 0 unspecified atom stereocenters. The number of halogens is 1. The molecular weight excluding hydrogens is 362 g/mol. The van der Waals surface area contributed by atoms with Gasteiger partial charge in [0.15, 0.2) is 0 Å². The highest BCUT2D eigenvalue weighted by molar-refractivity contribution is 7.89. The molecule has 0 aromatic heterocycles. The van der Waals surface area contributed by atoms with E-state index < -0.39 is 16.1 Å². The molecule has 0 aliphatic rings. The van der Waals surface area contributed by atoms with Gasteiger partial charge in [-0.15, -0.1) is 0 Å². The molecule has 0 spiro atoms. The summed E-state index contributed by atoms with van der Waals surface area (Å²) >= 11 is 6.07. The Kier molecular flexibility index (Phi) is 6.05. The van der Waals surface area contributed by atoms with Crippen LogP contribution in [0.4, 0.5) is 10.5 Å². The van der Waals surface area contributed by atoms with Crippen molar-refractivity contribution < 1.29 is 13.2 Å². The van der Waals surface area contributed by atoms with Crippen LogP contribution < -0.4 is 10.6 Å². The van der Waals surface area contributed by atoms with Gasteiger partial charge in [-0.25, -0.2) is 17.5 Å². The third-order valence-corrected chi connectivity index (χ3v) is 5.67. The number of amides is 2. The fourth-order valence-corrected chi connectivity index (χ4v) is 3.24. The second-order valence-corrected chi connectivity index (χ2v) is 8.28. The Morgan fingerprint density at radius 3 is 2.32 bits per heavy atom. The van der Waals surface area contributed by atoms with Gasteiger partial charge < -0.3 is 10.6 Å². The number of urea groups is 1. The van der Waals surface area contributed by atoms with Crippen molar-refractivity contribution in [3.8, 4) is 0 Å². The van der Waals surface area contributed by atoms with Crippen LogP contribution in [0.5, 0.6) is 0 Å². The molecule has 0 saturated heterocycles. The van der Waals surface area contributed by atoms with Crippen LogP contribution in [-0.2, 0) is 16.6 Å². The minimum absolute atomic E-state index is 0.206. The number of nitrogens with zero attached hydrogens (tertiary/aromatic N) is 1. The van der Waals surface area contributed by atoms with Gasteiger partial charge in [0.1, 0.15) is 0 Å². The van der Waals surface area contributed by atoms with Crippen molar-refractivity contribution >= 4 is 33.3 Å².